The minimum Gasteiger partial charge on any atom is -0.385 e. The Morgan fingerprint density at radius 3 is 2.87 bits per heavy atom. The van der Waals surface area contributed by atoms with Gasteiger partial charge in [0.25, 0.3) is 0 Å². The van der Waals surface area contributed by atoms with E-state index in [9.17, 15) is 0 Å². The molecule has 0 unspecified atom stereocenters. The van der Waals surface area contributed by atoms with Crippen molar-refractivity contribution in [2.24, 2.45) is 0 Å². The van der Waals surface area contributed by atoms with Crippen LogP contribution in [0.3, 0.4) is 0 Å². The molecule has 15 heavy (non-hydrogen) atoms. The normalized spacial score (nSPS) is 10.1. The zero-order valence-corrected chi connectivity index (χ0v) is 8.79. The minimum atomic E-state index is 0.400. The highest BCUT2D eigenvalue weighted by molar-refractivity contribution is 7.71. The lowest BCUT2D eigenvalue weighted by atomic mass is 10.1. The molecule has 4 nitrogen and oxygen atoms in total. The van der Waals surface area contributed by atoms with Crippen LogP contribution in [0.1, 0.15) is 11.3 Å². The molecule has 0 fully saturated rings. The molecule has 2 aromatic rings. The fourth-order valence-electron chi connectivity index (χ4n) is 1.27. The molecule has 2 aromatic heterocycles. The molecule has 0 aliphatic carbocycles. The molecular formula is C10H10N4S. The van der Waals surface area contributed by atoms with Gasteiger partial charge in [-0.15, -0.1) is 0 Å². The van der Waals surface area contributed by atoms with Gasteiger partial charge in [-0.1, -0.05) is 6.07 Å². The molecule has 3 N–H and O–H groups in total. The number of nitrogen functional groups attached to an aromatic ring is 1. The lowest BCUT2D eigenvalue weighted by molar-refractivity contribution is 1.02. The molecule has 76 valence electrons. The Kier molecular flexibility index (Phi) is 2.73. The van der Waals surface area contributed by atoms with Gasteiger partial charge in [0.15, 0.2) is 4.77 Å². The Labute approximate surface area is 92.2 Å². The lowest BCUT2D eigenvalue weighted by Crippen LogP contribution is -2.01. The van der Waals surface area contributed by atoms with E-state index in [1.54, 1.807) is 12.4 Å². The number of H-pyrrole nitrogens is 1. The number of nitrogens with two attached hydrogens (primary N) is 1. The average Bonchev–Trinajstić information content (AvgIpc) is 2.24. The Balaban J connectivity index is 2.29. The van der Waals surface area contributed by atoms with E-state index >= 15 is 0 Å². The van der Waals surface area contributed by atoms with Crippen molar-refractivity contribution < 1.29 is 0 Å². The molecule has 0 spiro atoms. The summed E-state index contributed by atoms with van der Waals surface area (Å²) >= 11 is 4.86. The van der Waals surface area contributed by atoms with Gasteiger partial charge in [-0.25, -0.2) is 4.98 Å². The third kappa shape index (κ3) is 2.38. The van der Waals surface area contributed by atoms with Crippen LogP contribution in [-0.4, -0.2) is 15.0 Å². The average molecular weight is 218 g/mol. The van der Waals surface area contributed by atoms with Crippen molar-refractivity contribution in [3.05, 3.63) is 46.6 Å². The van der Waals surface area contributed by atoms with Gasteiger partial charge < -0.3 is 10.7 Å². The first kappa shape index (κ1) is 9.79. The molecule has 2 rings (SSSR count). The summed E-state index contributed by atoms with van der Waals surface area (Å²) in [6.07, 6.45) is 4.10. The Hall–Kier alpha value is -1.75. The maximum atomic E-state index is 5.78. The number of aromatic nitrogens is 3. The lowest BCUT2D eigenvalue weighted by Gasteiger charge is -2.03. The van der Waals surface area contributed by atoms with Crippen molar-refractivity contribution in [3.8, 4) is 0 Å². The molecular weight excluding hydrogens is 208 g/mol. The molecule has 0 saturated carbocycles. The predicted octanol–water partition coefficient (Wildman–Crippen LogP) is 1.71. The fourth-order valence-corrected chi connectivity index (χ4v) is 1.44. The van der Waals surface area contributed by atoms with Crippen LogP contribution < -0.4 is 5.73 Å². The second kappa shape index (κ2) is 4.18. The van der Waals surface area contributed by atoms with Crippen molar-refractivity contribution in [2.45, 2.75) is 6.42 Å². The monoisotopic (exact) mass is 218 g/mol. The largest absolute Gasteiger partial charge is 0.385 e. The summed E-state index contributed by atoms with van der Waals surface area (Å²) in [5.74, 6) is 0.556. The molecule has 0 aliphatic heterocycles. The summed E-state index contributed by atoms with van der Waals surface area (Å²) in [5, 5.41) is 0. The standard InChI is InChI=1S/C10H10N4S/c11-9-7(6-13-10(15)14-9)5-8-3-1-2-4-12-8/h1-4,6H,5H2,(H3,11,13,14,15). The highest BCUT2D eigenvalue weighted by atomic mass is 32.1. The number of pyridine rings is 1. The topological polar surface area (TPSA) is 67.6 Å². The smallest absolute Gasteiger partial charge is 0.198 e. The van der Waals surface area contributed by atoms with Crippen molar-refractivity contribution in [2.75, 3.05) is 5.73 Å². The van der Waals surface area contributed by atoms with Crippen LogP contribution in [0.5, 0.6) is 0 Å². The van der Waals surface area contributed by atoms with Gasteiger partial charge in [0.05, 0.1) is 0 Å². The van der Waals surface area contributed by atoms with Crippen LogP contribution in [0, 0.1) is 4.77 Å². The highest BCUT2D eigenvalue weighted by Crippen LogP contribution is 2.10. The van der Waals surface area contributed by atoms with Gasteiger partial charge in [0.1, 0.15) is 5.82 Å². The van der Waals surface area contributed by atoms with Crippen LogP contribution in [0.25, 0.3) is 0 Å². The van der Waals surface area contributed by atoms with E-state index in [1.165, 1.54) is 0 Å². The molecule has 0 atom stereocenters. The van der Waals surface area contributed by atoms with E-state index in [0.29, 0.717) is 17.0 Å². The molecule has 0 aromatic carbocycles. The maximum absolute atomic E-state index is 5.78. The second-order valence-electron chi connectivity index (χ2n) is 3.13. The summed E-state index contributed by atoms with van der Waals surface area (Å²) in [4.78, 5) is 11.0. The minimum absolute atomic E-state index is 0.400. The van der Waals surface area contributed by atoms with E-state index in [1.807, 2.05) is 18.2 Å². The van der Waals surface area contributed by atoms with Gasteiger partial charge in [-0.2, -0.15) is 0 Å². The van der Waals surface area contributed by atoms with Crippen LogP contribution in [0.2, 0.25) is 0 Å². The SMILES string of the molecule is Nc1[nH]c(=S)ncc1Cc1ccccn1. The van der Waals surface area contributed by atoms with Crippen LogP contribution >= 0.6 is 12.2 Å². The predicted molar refractivity (Wildman–Crippen MR) is 60.9 cm³/mol. The summed E-state index contributed by atoms with van der Waals surface area (Å²) in [6, 6.07) is 5.77. The number of hydrogen-bond acceptors (Lipinski definition) is 4. The first-order valence-corrected chi connectivity index (χ1v) is 4.90. The van der Waals surface area contributed by atoms with Gasteiger partial charge >= 0.3 is 0 Å². The molecule has 0 bridgehead atoms. The zero-order valence-electron chi connectivity index (χ0n) is 7.97. The second-order valence-corrected chi connectivity index (χ2v) is 3.51. The Morgan fingerprint density at radius 1 is 1.33 bits per heavy atom. The number of nitrogens with one attached hydrogen (secondary N) is 1. The first-order chi connectivity index (χ1) is 7.25. The van der Waals surface area contributed by atoms with Gasteiger partial charge in [0.2, 0.25) is 0 Å². The van der Waals surface area contributed by atoms with E-state index in [4.69, 9.17) is 18.0 Å². The summed E-state index contributed by atoms with van der Waals surface area (Å²) in [6.45, 7) is 0. The quantitative estimate of drug-likeness (QED) is 0.753. The van der Waals surface area contributed by atoms with Crippen molar-refractivity contribution in [3.63, 3.8) is 0 Å². The molecule has 0 saturated heterocycles. The maximum Gasteiger partial charge on any atom is 0.198 e. The number of rotatable bonds is 2. The molecule has 2 heterocycles. The molecule has 0 aliphatic rings. The number of nitrogens with zero attached hydrogens (tertiary/aromatic N) is 2. The van der Waals surface area contributed by atoms with Crippen LogP contribution in [0.4, 0.5) is 5.82 Å². The van der Waals surface area contributed by atoms with Crippen molar-refractivity contribution in [1.82, 2.24) is 15.0 Å². The highest BCUT2D eigenvalue weighted by Gasteiger charge is 2.01. The number of aromatic amines is 1. The van der Waals surface area contributed by atoms with Gasteiger partial charge in [0, 0.05) is 30.1 Å². The van der Waals surface area contributed by atoms with Gasteiger partial charge in [-0.3, -0.25) is 4.98 Å². The summed E-state index contributed by atoms with van der Waals surface area (Å²) in [7, 11) is 0. The van der Waals surface area contributed by atoms with Crippen LogP contribution in [0.15, 0.2) is 30.6 Å². The van der Waals surface area contributed by atoms with Gasteiger partial charge in [-0.05, 0) is 24.4 Å². The van der Waals surface area contributed by atoms with E-state index in [0.717, 1.165) is 11.3 Å². The van der Waals surface area contributed by atoms with Crippen molar-refractivity contribution in [1.29, 1.82) is 0 Å². The molecule has 0 amide bonds. The molecule has 5 heteroatoms. The fraction of sp³-hybridized carbons (Fsp3) is 0.100. The van der Waals surface area contributed by atoms with E-state index < -0.39 is 0 Å². The van der Waals surface area contributed by atoms with E-state index in [2.05, 4.69) is 15.0 Å². The van der Waals surface area contributed by atoms with Crippen LogP contribution in [-0.2, 0) is 6.42 Å². The zero-order chi connectivity index (χ0) is 10.7. The summed E-state index contributed by atoms with van der Waals surface area (Å²) in [5.41, 5.74) is 7.64. The third-order valence-electron chi connectivity index (χ3n) is 2.02. The Bertz CT molecular complexity index is 506. The molecule has 0 radical (unpaired) electrons. The third-order valence-corrected chi connectivity index (χ3v) is 2.23. The van der Waals surface area contributed by atoms with Crippen molar-refractivity contribution >= 4 is 18.0 Å². The Morgan fingerprint density at radius 2 is 2.20 bits per heavy atom. The number of anilines is 1. The number of hydrogen-bond donors (Lipinski definition) is 2. The first-order valence-electron chi connectivity index (χ1n) is 4.49. The van der Waals surface area contributed by atoms with E-state index in [-0.39, 0.29) is 0 Å². The summed E-state index contributed by atoms with van der Waals surface area (Å²) < 4.78 is 0.400.